The van der Waals surface area contributed by atoms with E-state index in [-0.39, 0.29) is 5.75 Å². The number of benzene rings is 2. The second-order valence-corrected chi connectivity index (χ2v) is 8.07. The zero-order chi connectivity index (χ0) is 19.1. The van der Waals surface area contributed by atoms with Gasteiger partial charge >= 0.3 is 0 Å². The number of hydrogen-bond donors (Lipinski definition) is 2. The number of hydrogen-bond acceptors (Lipinski definition) is 4. The van der Waals surface area contributed by atoms with Crippen LogP contribution in [0.3, 0.4) is 0 Å². The standard InChI is InChI=1S/C21H23N3O2S/c1-2-18-10-6-7-11-20(18)23-21-13-12-19(16-22-21)24-27(25,26)15-14-17-8-4-3-5-9-17/h3-13,16,24H,2,14-15H2,1H3,(H,22,23). The number of nitrogens with zero attached hydrogens (tertiary/aromatic N) is 1. The average Bonchev–Trinajstić information content (AvgIpc) is 2.69. The predicted molar refractivity (Wildman–Crippen MR) is 111 cm³/mol. The molecule has 5 nitrogen and oxygen atoms in total. The number of nitrogens with one attached hydrogen (secondary N) is 2. The first kappa shape index (κ1) is 18.9. The summed E-state index contributed by atoms with van der Waals surface area (Å²) in [4.78, 5) is 4.31. The van der Waals surface area contributed by atoms with Crippen LogP contribution in [0.2, 0.25) is 0 Å². The number of pyridine rings is 1. The van der Waals surface area contributed by atoms with Crippen molar-refractivity contribution in [3.05, 3.63) is 84.1 Å². The number of para-hydroxylation sites is 1. The molecule has 0 bridgehead atoms. The van der Waals surface area contributed by atoms with Crippen molar-refractivity contribution in [2.75, 3.05) is 15.8 Å². The SMILES string of the molecule is CCc1ccccc1Nc1ccc(NS(=O)(=O)CCc2ccccc2)cn1. The number of anilines is 3. The fourth-order valence-electron chi connectivity index (χ4n) is 2.74. The summed E-state index contributed by atoms with van der Waals surface area (Å²) >= 11 is 0. The van der Waals surface area contributed by atoms with Crippen molar-refractivity contribution in [3.63, 3.8) is 0 Å². The zero-order valence-electron chi connectivity index (χ0n) is 15.2. The van der Waals surface area contributed by atoms with Gasteiger partial charge in [-0.15, -0.1) is 0 Å². The van der Waals surface area contributed by atoms with Crippen molar-refractivity contribution < 1.29 is 8.42 Å². The lowest BCUT2D eigenvalue weighted by atomic mass is 10.1. The van der Waals surface area contributed by atoms with Crippen LogP contribution in [0.15, 0.2) is 72.9 Å². The number of aryl methyl sites for hydroxylation is 2. The molecule has 0 radical (unpaired) electrons. The third-order valence-corrected chi connectivity index (χ3v) is 5.49. The maximum atomic E-state index is 12.3. The lowest BCUT2D eigenvalue weighted by molar-refractivity contribution is 0.600. The van der Waals surface area contributed by atoms with Crippen LogP contribution in [0.5, 0.6) is 0 Å². The lowest BCUT2D eigenvalue weighted by Crippen LogP contribution is -2.18. The number of aromatic nitrogens is 1. The Morgan fingerprint density at radius 3 is 2.37 bits per heavy atom. The summed E-state index contributed by atoms with van der Waals surface area (Å²) in [6, 6.07) is 21.1. The number of rotatable bonds is 8. The van der Waals surface area contributed by atoms with Crippen LogP contribution in [0.4, 0.5) is 17.2 Å². The smallest absolute Gasteiger partial charge is 0.233 e. The molecular weight excluding hydrogens is 358 g/mol. The minimum absolute atomic E-state index is 0.0287. The van der Waals surface area contributed by atoms with Crippen molar-refractivity contribution in [2.24, 2.45) is 0 Å². The molecule has 0 unspecified atom stereocenters. The molecule has 0 spiro atoms. The Bertz CT molecular complexity index is 972. The normalized spacial score (nSPS) is 11.1. The molecule has 0 saturated carbocycles. The largest absolute Gasteiger partial charge is 0.340 e. The molecule has 0 fully saturated rings. The minimum atomic E-state index is -3.43. The molecule has 0 aliphatic rings. The Morgan fingerprint density at radius 2 is 1.67 bits per heavy atom. The van der Waals surface area contributed by atoms with E-state index >= 15 is 0 Å². The molecule has 140 valence electrons. The second kappa shape index (κ2) is 8.68. The molecule has 0 amide bonds. The van der Waals surface area contributed by atoms with Crippen LogP contribution in [0.25, 0.3) is 0 Å². The first-order valence-electron chi connectivity index (χ1n) is 8.91. The van der Waals surface area contributed by atoms with Gasteiger partial charge in [0.05, 0.1) is 17.6 Å². The summed E-state index contributed by atoms with van der Waals surface area (Å²) in [7, 11) is -3.43. The van der Waals surface area contributed by atoms with Gasteiger partial charge in [0.25, 0.3) is 0 Å². The predicted octanol–water partition coefficient (Wildman–Crippen LogP) is 4.37. The molecule has 1 heterocycles. The van der Waals surface area contributed by atoms with E-state index in [1.54, 1.807) is 12.1 Å². The fraction of sp³-hybridized carbons (Fsp3) is 0.190. The van der Waals surface area contributed by atoms with E-state index in [0.29, 0.717) is 17.9 Å². The van der Waals surface area contributed by atoms with Crippen molar-refractivity contribution in [3.8, 4) is 0 Å². The summed E-state index contributed by atoms with van der Waals surface area (Å²) < 4.78 is 27.1. The van der Waals surface area contributed by atoms with E-state index in [1.165, 1.54) is 11.8 Å². The fourth-order valence-corrected chi connectivity index (χ4v) is 3.83. The molecular formula is C21H23N3O2S. The monoisotopic (exact) mass is 381 g/mol. The van der Waals surface area contributed by atoms with Crippen molar-refractivity contribution in [2.45, 2.75) is 19.8 Å². The molecule has 6 heteroatoms. The van der Waals surface area contributed by atoms with Crippen LogP contribution in [0, 0.1) is 0 Å². The molecule has 0 aliphatic heterocycles. The summed E-state index contributed by atoms with van der Waals surface area (Å²) in [5, 5.41) is 3.27. The van der Waals surface area contributed by atoms with E-state index in [4.69, 9.17) is 0 Å². The van der Waals surface area contributed by atoms with Gasteiger partial charge in [-0.05, 0) is 42.2 Å². The van der Waals surface area contributed by atoms with E-state index in [1.807, 2.05) is 48.5 Å². The third-order valence-electron chi connectivity index (χ3n) is 4.20. The van der Waals surface area contributed by atoms with E-state index < -0.39 is 10.0 Å². The third kappa shape index (κ3) is 5.56. The number of sulfonamides is 1. The average molecular weight is 382 g/mol. The van der Waals surface area contributed by atoms with Gasteiger partial charge in [0.15, 0.2) is 0 Å². The molecule has 2 N–H and O–H groups in total. The van der Waals surface area contributed by atoms with Crippen LogP contribution >= 0.6 is 0 Å². The van der Waals surface area contributed by atoms with Gasteiger partial charge < -0.3 is 5.32 Å². The molecule has 3 aromatic rings. The highest BCUT2D eigenvalue weighted by atomic mass is 32.2. The van der Waals surface area contributed by atoms with Gasteiger partial charge in [0, 0.05) is 5.69 Å². The van der Waals surface area contributed by atoms with E-state index in [2.05, 4.69) is 28.0 Å². The molecule has 0 saturated heterocycles. The van der Waals surface area contributed by atoms with Crippen LogP contribution in [-0.4, -0.2) is 19.2 Å². The molecule has 27 heavy (non-hydrogen) atoms. The van der Waals surface area contributed by atoms with Crippen molar-refractivity contribution in [1.82, 2.24) is 4.98 Å². The van der Waals surface area contributed by atoms with Gasteiger partial charge in [-0.25, -0.2) is 13.4 Å². The highest BCUT2D eigenvalue weighted by Gasteiger charge is 2.11. The van der Waals surface area contributed by atoms with Gasteiger partial charge in [0.2, 0.25) is 10.0 Å². The summed E-state index contributed by atoms with van der Waals surface area (Å²) in [5.74, 6) is 0.698. The van der Waals surface area contributed by atoms with Crippen LogP contribution in [0.1, 0.15) is 18.1 Å². The Hall–Kier alpha value is -2.86. The highest BCUT2D eigenvalue weighted by molar-refractivity contribution is 7.92. The van der Waals surface area contributed by atoms with Gasteiger partial charge in [0.1, 0.15) is 5.82 Å². The van der Waals surface area contributed by atoms with Crippen LogP contribution in [-0.2, 0) is 22.9 Å². The first-order valence-corrected chi connectivity index (χ1v) is 10.6. The highest BCUT2D eigenvalue weighted by Crippen LogP contribution is 2.21. The Morgan fingerprint density at radius 1 is 0.926 bits per heavy atom. The zero-order valence-corrected chi connectivity index (χ0v) is 16.0. The molecule has 1 aromatic heterocycles. The quantitative estimate of drug-likeness (QED) is 0.608. The van der Waals surface area contributed by atoms with Crippen molar-refractivity contribution >= 4 is 27.2 Å². The topological polar surface area (TPSA) is 71.1 Å². The first-order chi connectivity index (χ1) is 13.1. The molecule has 0 aliphatic carbocycles. The van der Waals surface area contributed by atoms with Gasteiger partial charge in [-0.2, -0.15) is 0 Å². The maximum absolute atomic E-state index is 12.3. The van der Waals surface area contributed by atoms with E-state index in [9.17, 15) is 8.42 Å². The second-order valence-electron chi connectivity index (χ2n) is 6.22. The molecule has 3 rings (SSSR count). The van der Waals surface area contributed by atoms with E-state index in [0.717, 1.165) is 17.7 Å². The molecule has 2 aromatic carbocycles. The minimum Gasteiger partial charge on any atom is -0.340 e. The van der Waals surface area contributed by atoms with Crippen molar-refractivity contribution in [1.29, 1.82) is 0 Å². The Labute approximate surface area is 160 Å². The molecule has 0 atom stereocenters. The van der Waals surface area contributed by atoms with Crippen LogP contribution < -0.4 is 10.0 Å². The summed E-state index contributed by atoms with van der Waals surface area (Å²) in [6.07, 6.45) is 2.91. The Balaban J connectivity index is 1.61. The summed E-state index contributed by atoms with van der Waals surface area (Å²) in [5.41, 5.74) is 3.65. The Kier molecular flexibility index (Phi) is 6.08. The van der Waals surface area contributed by atoms with Gasteiger partial charge in [-0.1, -0.05) is 55.5 Å². The maximum Gasteiger partial charge on any atom is 0.233 e. The lowest BCUT2D eigenvalue weighted by Gasteiger charge is -2.11. The summed E-state index contributed by atoms with van der Waals surface area (Å²) in [6.45, 7) is 2.10. The van der Waals surface area contributed by atoms with Gasteiger partial charge in [-0.3, -0.25) is 4.72 Å².